The van der Waals surface area contributed by atoms with Crippen LogP contribution in [0.3, 0.4) is 0 Å². The van der Waals surface area contributed by atoms with Crippen LogP contribution in [0.1, 0.15) is 12.8 Å². The lowest BCUT2D eigenvalue weighted by Crippen LogP contribution is -2.48. The van der Waals surface area contributed by atoms with Crippen molar-refractivity contribution in [2.24, 2.45) is 11.8 Å². The third-order valence-corrected chi connectivity index (χ3v) is 2.95. The predicted octanol–water partition coefficient (Wildman–Crippen LogP) is 1.76. The van der Waals surface area contributed by atoms with Crippen LogP contribution in [0.25, 0.3) is 0 Å². The van der Waals surface area contributed by atoms with Crippen molar-refractivity contribution < 1.29 is 4.79 Å². The molecule has 0 aromatic heterocycles. The largest absolute Gasteiger partial charge is 0.298 e. The summed E-state index contributed by atoms with van der Waals surface area (Å²) in [5.74, 6) is 0.895. The van der Waals surface area contributed by atoms with Crippen LogP contribution in [-0.2, 0) is 4.79 Å². The van der Waals surface area contributed by atoms with E-state index in [2.05, 4.69) is 12.2 Å². The SMILES string of the molecule is O=C1C(Cl)[C@@H]2C=CCC[C@H]12. The van der Waals surface area contributed by atoms with E-state index in [9.17, 15) is 4.79 Å². The first-order chi connectivity index (χ1) is 4.80. The van der Waals surface area contributed by atoms with E-state index in [1.807, 2.05) is 0 Å². The van der Waals surface area contributed by atoms with Crippen LogP contribution in [0.4, 0.5) is 0 Å². The van der Waals surface area contributed by atoms with E-state index in [1.165, 1.54) is 0 Å². The van der Waals surface area contributed by atoms with Gasteiger partial charge >= 0.3 is 0 Å². The van der Waals surface area contributed by atoms with E-state index >= 15 is 0 Å². The van der Waals surface area contributed by atoms with Crippen LogP contribution in [0.2, 0.25) is 0 Å². The second-order valence-corrected chi connectivity index (χ2v) is 3.46. The normalized spacial score (nSPS) is 44.5. The molecule has 1 nitrogen and oxygen atoms in total. The Hall–Kier alpha value is -0.300. The van der Waals surface area contributed by atoms with E-state index in [1.54, 1.807) is 0 Å². The van der Waals surface area contributed by atoms with Crippen LogP contribution in [0.5, 0.6) is 0 Å². The zero-order chi connectivity index (χ0) is 7.14. The Bertz CT molecular complexity index is 197. The fraction of sp³-hybridized carbons (Fsp3) is 0.625. The molecule has 0 aromatic rings. The molecule has 2 heteroatoms. The lowest BCUT2D eigenvalue weighted by Gasteiger charge is -2.39. The molecule has 0 N–H and O–H groups in total. The van der Waals surface area contributed by atoms with Crippen molar-refractivity contribution in [2.75, 3.05) is 0 Å². The Morgan fingerprint density at radius 1 is 1.60 bits per heavy atom. The minimum absolute atomic E-state index is 0.207. The summed E-state index contributed by atoms with van der Waals surface area (Å²) >= 11 is 5.77. The molecular formula is C8H9ClO. The summed E-state index contributed by atoms with van der Waals surface area (Å²) in [5.41, 5.74) is 0. The molecule has 2 rings (SSSR count). The quantitative estimate of drug-likeness (QED) is 0.386. The highest BCUT2D eigenvalue weighted by atomic mass is 35.5. The molecule has 0 radical (unpaired) electrons. The van der Waals surface area contributed by atoms with Gasteiger partial charge in [0.1, 0.15) is 0 Å². The van der Waals surface area contributed by atoms with Gasteiger partial charge in [-0.15, -0.1) is 11.6 Å². The molecule has 0 heterocycles. The van der Waals surface area contributed by atoms with Gasteiger partial charge in [-0.05, 0) is 12.8 Å². The number of allylic oxidation sites excluding steroid dienone is 2. The van der Waals surface area contributed by atoms with Crippen LogP contribution < -0.4 is 0 Å². The van der Waals surface area contributed by atoms with E-state index in [4.69, 9.17) is 11.6 Å². The summed E-state index contributed by atoms with van der Waals surface area (Å²) in [6.45, 7) is 0. The van der Waals surface area contributed by atoms with Gasteiger partial charge in [-0.1, -0.05) is 12.2 Å². The monoisotopic (exact) mass is 156 g/mol. The van der Waals surface area contributed by atoms with Crippen molar-refractivity contribution in [2.45, 2.75) is 18.2 Å². The lowest BCUT2D eigenvalue weighted by molar-refractivity contribution is -0.132. The van der Waals surface area contributed by atoms with E-state index in [0.717, 1.165) is 12.8 Å². The zero-order valence-corrected chi connectivity index (χ0v) is 6.34. The second-order valence-electron chi connectivity index (χ2n) is 2.99. The standard InChI is InChI=1S/C8H9ClO/c9-7-5-3-1-2-4-6(5)8(7)10/h1,3,5-7H,2,4H2/t5-,6+,7?/m1/s1. The Balaban J connectivity index is 2.18. The van der Waals surface area contributed by atoms with Gasteiger partial charge in [0.2, 0.25) is 0 Å². The Morgan fingerprint density at radius 3 is 3.10 bits per heavy atom. The van der Waals surface area contributed by atoms with Gasteiger partial charge in [0.15, 0.2) is 5.78 Å². The van der Waals surface area contributed by atoms with Crippen molar-refractivity contribution in [3.8, 4) is 0 Å². The fourth-order valence-electron chi connectivity index (χ4n) is 1.76. The Labute approximate surface area is 65.1 Å². The minimum Gasteiger partial charge on any atom is -0.298 e. The molecule has 1 saturated carbocycles. The smallest absolute Gasteiger partial charge is 0.155 e. The van der Waals surface area contributed by atoms with Crippen molar-refractivity contribution in [1.29, 1.82) is 0 Å². The van der Waals surface area contributed by atoms with Crippen LogP contribution in [0, 0.1) is 11.8 Å². The summed E-state index contributed by atoms with van der Waals surface area (Å²) in [4.78, 5) is 11.0. The maximum absolute atomic E-state index is 11.0. The van der Waals surface area contributed by atoms with E-state index < -0.39 is 0 Å². The second kappa shape index (κ2) is 2.09. The highest BCUT2D eigenvalue weighted by Gasteiger charge is 2.47. The van der Waals surface area contributed by atoms with Crippen LogP contribution in [-0.4, -0.2) is 11.2 Å². The maximum atomic E-state index is 11.0. The van der Waals surface area contributed by atoms with Crippen LogP contribution >= 0.6 is 11.6 Å². The van der Waals surface area contributed by atoms with Gasteiger partial charge in [0.05, 0.1) is 5.38 Å². The molecular weight excluding hydrogens is 148 g/mol. The molecule has 0 spiro atoms. The highest BCUT2D eigenvalue weighted by Crippen LogP contribution is 2.41. The molecule has 0 saturated heterocycles. The van der Waals surface area contributed by atoms with Gasteiger partial charge in [-0.2, -0.15) is 0 Å². The van der Waals surface area contributed by atoms with E-state index in [0.29, 0.717) is 5.92 Å². The van der Waals surface area contributed by atoms with Crippen molar-refractivity contribution in [3.63, 3.8) is 0 Å². The Kier molecular flexibility index (Phi) is 1.34. The van der Waals surface area contributed by atoms with Crippen molar-refractivity contribution in [3.05, 3.63) is 12.2 Å². The summed E-state index contributed by atoms with van der Waals surface area (Å²) in [6, 6.07) is 0. The number of fused-ring (bicyclic) bond motifs is 1. The van der Waals surface area contributed by atoms with Gasteiger partial charge in [-0.3, -0.25) is 4.79 Å². The van der Waals surface area contributed by atoms with Gasteiger partial charge in [0.25, 0.3) is 0 Å². The summed E-state index contributed by atoms with van der Waals surface area (Å²) < 4.78 is 0. The molecule has 0 aromatic carbocycles. The highest BCUT2D eigenvalue weighted by molar-refractivity contribution is 6.34. The number of hydrogen-bond acceptors (Lipinski definition) is 1. The molecule has 0 bridgehead atoms. The van der Waals surface area contributed by atoms with E-state index in [-0.39, 0.29) is 17.1 Å². The first-order valence-corrected chi connectivity index (χ1v) is 4.09. The van der Waals surface area contributed by atoms with Crippen molar-refractivity contribution >= 4 is 17.4 Å². The molecule has 0 amide bonds. The predicted molar refractivity (Wildman–Crippen MR) is 40.0 cm³/mol. The molecule has 3 atom stereocenters. The van der Waals surface area contributed by atoms with Crippen molar-refractivity contribution in [1.82, 2.24) is 0 Å². The zero-order valence-electron chi connectivity index (χ0n) is 5.59. The molecule has 54 valence electrons. The average molecular weight is 157 g/mol. The van der Waals surface area contributed by atoms with Crippen LogP contribution in [0.15, 0.2) is 12.2 Å². The number of hydrogen-bond donors (Lipinski definition) is 0. The third kappa shape index (κ3) is 0.671. The fourth-order valence-corrected chi connectivity index (χ4v) is 2.19. The lowest BCUT2D eigenvalue weighted by atomic mass is 9.67. The molecule has 10 heavy (non-hydrogen) atoms. The van der Waals surface area contributed by atoms with Gasteiger partial charge < -0.3 is 0 Å². The molecule has 2 aliphatic carbocycles. The number of Topliss-reactive ketones (excluding diaryl/α,β-unsaturated/α-hetero) is 1. The molecule has 1 unspecified atom stereocenters. The number of alkyl halides is 1. The summed E-state index contributed by atoms with van der Waals surface area (Å²) in [6.07, 6.45) is 6.29. The maximum Gasteiger partial charge on any atom is 0.155 e. The minimum atomic E-state index is -0.207. The molecule has 1 fully saturated rings. The number of carbonyl (C=O) groups excluding carboxylic acids is 1. The Morgan fingerprint density at radius 2 is 2.40 bits per heavy atom. The number of ketones is 1. The first-order valence-electron chi connectivity index (χ1n) is 3.65. The summed E-state index contributed by atoms with van der Waals surface area (Å²) in [7, 11) is 0. The van der Waals surface area contributed by atoms with Gasteiger partial charge in [0, 0.05) is 11.8 Å². The topological polar surface area (TPSA) is 17.1 Å². The third-order valence-electron chi connectivity index (χ3n) is 2.44. The number of carbonyl (C=O) groups is 1. The van der Waals surface area contributed by atoms with Gasteiger partial charge in [-0.25, -0.2) is 0 Å². The molecule has 0 aliphatic heterocycles. The summed E-state index contributed by atoms with van der Waals surface area (Å²) in [5, 5.41) is -0.207. The average Bonchev–Trinajstić information content (AvgIpc) is 2.03. The first kappa shape index (κ1) is 6.41. The number of rotatable bonds is 0. The molecule has 2 aliphatic rings. The number of halogens is 1.